The lowest BCUT2D eigenvalue weighted by Crippen LogP contribution is -2.06. The largest absolute Gasteiger partial charge is 0.457 e. The van der Waals surface area contributed by atoms with Crippen LogP contribution in [-0.4, -0.2) is 10.1 Å². The summed E-state index contributed by atoms with van der Waals surface area (Å²) in [5.74, 6) is 0.826. The van der Waals surface area contributed by atoms with E-state index in [0.29, 0.717) is 28.3 Å². The fourth-order valence-electron chi connectivity index (χ4n) is 2.76. The lowest BCUT2D eigenvalue weighted by atomic mass is 10.1. The van der Waals surface area contributed by atoms with Crippen molar-refractivity contribution < 1.29 is 27.1 Å². The second-order valence-electron chi connectivity index (χ2n) is 5.66. The van der Waals surface area contributed by atoms with Gasteiger partial charge in [0, 0.05) is 11.6 Å². The first-order valence-corrected chi connectivity index (χ1v) is 7.73. The number of nitrogens with zero attached hydrogens (tertiary/aromatic N) is 1. The van der Waals surface area contributed by atoms with E-state index >= 15 is 0 Å². The van der Waals surface area contributed by atoms with Crippen molar-refractivity contribution in [3.05, 3.63) is 65.9 Å². The molecule has 3 aromatic heterocycles. The number of aliphatic hydroxyl groups excluding tert-OH is 1. The smallest absolute Gasteiger partial charge is 0.417 e. The maximum atomic E-state index is 13.2. The van der Waals surface area contributed by atoms with Gasteiger partial charge in [0.05, 0.1) is 5.56 Å². The molecule has 0 bridgehead atoms. The summed E-state index contributed by atoms with van der Waals surface area (Å²) in [6.45, 7) is -0.245. The van der Waals surface area contributed by atoms with Gasteiger partial charge in [-0.2, -0.15) is 13.2 Å². The first kappa shape index (κ1) is 16.4. The molecule has 0 fully saturated rings. The van der Waals surface area contributed by atoms with E-state index in [9.17, 15) is 13.2 Å². The van der Waals surface area contributed by atoms with Gasteiger partial charge in [-0.05, 0) is 30.3 Å². The highest BCUT2D eigenvalue weighted by Gasteiger charge is 2.34. The third-order valence-electron chi connectivity index (χ3n) is 3.94. The molecule has 4 rings (SSSR count). The Balaban J connectivity index is 1.75. The fraction of sp³-hybridized carbons (Fsp3) is 0.105. The number of alkyl halides is 3. The number of pyridine rings is 1. The molecule has 0 radical (unpaired) electrons. The molecule has 0 aliphatic carbocycles. The highest BCUT2D eigenvalue weighted by atomic mass is 19.4. The Morgan fingerprint density at radius 3 is 2.46 bits per heavy atom. The first-order chi connectivity index (χ1) is 12.5. The molecule has 0 saturated carbocycles. The predicted octanol–water partition coefficient (Wildman–Crippen LogP) is 5.27. The first-order valence-electron chi connectivity index (χ1n) is 7.73. The van der Waals surface area contributed by atoms with Crippen molar-refractivity contribution in [2.45, 2.75) is 12.8 Å². The lowest BCUT2D eigenvalue weighted by Gasteiger charge is -2.10. The molecule has 0 amide bonds. The standard InChI is InChI=1S/C19H12F3NO3/c20-19(21,22)13-4-2-1-3-12(13)16-7-8-17(26-16)14-5-6-18-15(23-14)9-11(10-24)25-18/h1-9,24H,10H2. The van der Waals surface area contributed by atoms with E-state index in [1.807, 2.05) is 0 Å². The highest BCUT2D eigenvalue weighted by Crippen LogP contribution is 2.38. The van der Waals surface area contributed by atoms with Crippen molar-refractivity contribution in [2.75, 3.05) is 0 Å². The van der Waals surface area contributed by atoms with Gasteiger partial charge < -0.3 is 13.9 Å². The average Bonchev–Trinajstić information content (AvgIpc) is 3.27. The summed E-state index contributed by atoms with van der Waals surface area (Å²) in [5.41, 5.74) is 0.704. The summed E-state index contributed by atoms with van der Waals surface area (Å²) < 4.78 is 50.6. The molecule has 1 N–H and O–H groups in total. The Kier molecular flexibility index (Phi) is 3.81. The normalized spacial score (nSPS) is 12.0. The van der Waals surface area contributed by atoms with E-state index < -0.39 is 11.7 Å². The molecule has 132 valence electrons. The summed E-state index contributed by atoms with van der Waals surface area (Å²) in [6.07, 6.45) is -4.47. The molecule has 0 saturated heterocycles. The highest BCUT2D eigenvalue weighted by molar-refractivity contribution is 5.77. The number of benzene rings is 1. The molecule has 0 spiro atoms. The minimum absolute atomic E-state index is 0.0294. The maximum Gasteiger partial charge on any atom is 0.417 e. The van der Waals surface area contributed by atoms with Gasteiger partial charge in [-0.15, -0.1) is 0 Å². The van der Waals surface area contributed by atoms with Gasteiger partial charge >= 0.3 is 6.18 Å². The van der Waals surface area contributed by atoms with E-state index in [0.717, 1.165) is 6.07 Å². The van der Waals surface area contributed by atoms with Crippen molar-refractivity contribution in [1.29, 1.82) is 0 Å². The zero-order valence-corrected chi connectivity index (χ0v) is 13.2. The van der Waals surface area contributed by atoms with Crippen LogP contribution in [0, 0.1) is 0 Å². The molecule has 26 heavy (non-hydrogen) atoms. The Labute approximate surface area is 145 Å². The van der Waals surface area contributed by atoms with Crippen LogP contribution in [0.1, 0.15) is 11.3 Å². The zero-order chi connectivity index (χ0) is 18.3. The number of aliphatic hydroxyl groups is 1. The molecular formula is C19H12F3NO3. The van der Waals surface area contributed by atoms with Gasteiger partial charge in [-0.1, -0.05) is 18.2 Å². The molecule has 3 heterocycles. The van der Waals surface area contributed by atoms with Crippen molar-refractivity contribution in [2.24, 2.45) is 0 Å². The molecule has 0 aliphatic rings. The van der Waals surface area contributed by atoms with Crippen LogP contribution in [0.15, 0.2) is 63.4 Å². The third-order valence-corrected chi connectivity index (χ3v) is 3.94. The maximum absolute atomic E-state index is 13.2. The predicted molar refractivity (Wildman–Crippen MR) is 88.1 cm³/mol. The van der Waals surface area contributed by atoms with Gasteiger partial charge in [-0.25, -0.2) is 4.98 Å². The van der Waals surface area contributed by atoms with Crippen LogP contribution < -0.4 is 0 Å². The molecule has 0 unspecified atom stereocenters. The second kappa shape index (κ2) is 6.03. The van der Waals surface area contributed by atoms with Crippen LogP contribution in [0.5, 0.6) is 0 Å². The second-order valence-corrected chi connectivity index (χ2v) is 5.66. The van der Waals surface area contributed by atoms with Crippen LogP contribution in [0.2, 0.25) is 0 Å². The van der Waals surface area contributed by atoms with E-state index in [1.165, 1.54) is 24.3 Å². The minimum Gasteiger partial charge on any atom is -0.457 e. The number of halogens is 3. The molecule has 0 aliphatic heterocycles. The fourth-order valence-corrected chi connectivity index (χ4v) is 2.76. The molecular weight excluding hydrogens is 347 g/mol. The van der Waals surface area contributed by atoms with E-state index in [1.54, 1.807) is 24.3 Å². The van der Waals surface area contributed by atoms with E-state index in [2.05, 4.69) is 4.98 Å². The van der Waals surface area contributed by atoms with Gasteiger partial charge in [0.2, 0.25) is 0 Å². The molecule has 4 aromatic rings. The number of hydrogen-bond acceptors (Lipinski definition) is 4. The van der Waals surface area contributed by atoms with Gasteiger partial charge in [0.25, 0.3) is 0 Å². The third kappa shape index (κ3) is 2.86. The Hall–Kier alpha value is -3.06. The number of aromatic nitrogens is 1. The SMILES string of the molecule is OCc1cc2nc(-c3ccc(-c4ccccc4C(F)(F)F)o3)ccc2o1. The van der Waals surface area contributed by atoms with Crippen LogP contribution in [-0.2, 0) is 12.8 Å². The lowest BCUT2D eigenvalue weighted by molar-refractivity contribution is -0.137. The van der Waals surface area contributed by atoms with Crippen LogP contribution in [0.25, 0.3) is 33.9 Å². The van der Waals surface area contributed by atoms with E-state index in [4.69, 9.17) is 13.9 Å². The van der Waals surface area contributed by atoms with Crippen LogP contribution in [0.3, 0.4) is 0 Å². The molecule has 1 aromatic carbocycles. The summed E-state index contributed by atoms with van der Waals surface area (Å²) in [6, 6.07) is 13.2. The van der Waals surface area contributed by atoms with Gasteiger partial charge in [0.1, 0.15) is 29.3 Å². The summed E-state index contributed by atoms with van der Waals surface area (Å²) in [5, 5.41) is 9.11. The van der Waals surface area contributed by atoms with E-state index in [-0.39, 0.29) is 17.9 Å². The Morgan fingerprint density at radius 1 is 0.923 bits per heavy atom. The van der Waals surface area contributed by atoms with Crippen LogP contribution in [0.4, 0.5) is 13.2 Å². The van der Waals surface area contributed by atoms with Crippen LogP contribution >= 0.6 is 0 Å². The quantitative estimate of drug-likeness (QED) is 0.542. The summed E-state index contributed by atoms with van der Waals surface area (Å²) in [7, 11) is 0. The van der Waals surface area contributed by atoms with Crippen molar-refractivity contribution in [3.8, 4) is 22.8 Å². The van der Waals surface area contributed by atoms with Gasteiger partial charge in [0.15, 0.2) is 11.3 Å². The molecule has 4 nitrogen and oxygen atoms in total. The number of rotatable bonds is 3. The average molecular weight is 359 g/mol. The van der Waals surface area contributed by atoms with Gasteiger partial charge in [-0.3, -0.25) is 0 Å². The number of furan rings is 2. The zero-order valence-electron chi connectivity index (χ0n) is 13.2. The monoisotopic (exact) mass is 359 g/mol. The summed E-state index contributed by atoms with van der Waals surface area (Å²) in [4.78, 5) is 4.37. The van der Waals surface area contributed by atoms with Crippen molar-refractivity contribution >= 4 is 11.1 Å². The minimum atomic E-state index is -4.47. The molecule has 7 heteroatoms. The summed E-state index contributed by atoms with van der Waals surface area (Å²) >= 11 is 0. The number of hydrogen-bond donors (Lipinski definition) is 1. The Morgan fingerprint density at radius 2 is 1.69 bits per heavy atom. The topological polar surface area (TPSA) is 59.4 Å². The Bertz CT molecular complexity index is 1080. The van der Waals surface area contributed by atoms with Crippen molar-refractivity contribution in [3.63, 3.8) is 0 Å². The van der Waals surface area contributed by atoms with Crippen molar-refractivity contribution in [1.82, 2.24) is 4.98 Å². The molecule has 0 atom stereocenters. The number of fused-ring (bicyclic) bond motifs is 1.